The minimum Gasteiger partial charge on any atom is -0.399 e. The van der Waals surface area contributed by atoms with Crippen LogP contribution in [0.15, 0.2) is 18.2 Å². The molecule has 5 heteroatoms. The lowest BCUT2D eigenvalue weighted by Gasteiger charge is -2.17. The number of hydrogen-bond acceptors (Lipinski definition) is 4. The zero-order valence-corrected chi connectivity index (χ0v) is 11.5. The van der Waals surface area contributed by atoms with Crippen molar-refractivity contribution in [2.45, 2.75) is 26.8 Å². The van der Waals surface area contributed by atoms with Gasteiger partial charge in [-0.3, -0.25) is 4.79 Å². The summed E-state index contributed by atoms with van der Waals surface area (Å²) in [7, 11) is 0. The van der Waals surface area contributed by atoms with Crippen LogP contribution in [0.2, 0.25) is 0 Å². The molecule has 0 saturated carbocycles. The smallest absolute Gasteiger partial charge is 0.242 e. The molecule has 0 aliphatic carbocycles. The molecule has 0 saturated heterocycles. The maximum atomic E-state index is 11.8. The van der Waals surface area contributed by atoms with Crippen LogP contribution in [0.5, 0.6) is 0 Å². The van der Waals surface area contributed by atoms with Crippen LogP contribution in [0.1, 0.15) is 26.3 Å². The van der Waals surface area contributed by atoms with Gasteiger partial charge in [-0.2, -0.15) is 5.26 Å². The Morgan fingerprint density at radius 2 is 2.11 bits per heavy atom. The van der Waals surface area contributed by atoms with Gasteiger partial charge in [-0.25, -0.2) is 0 Å². The molecule has 0 aromatic heterocycles. The van der Waals surface area contributed by atoms with E-state index in [4.69, 9.17) is 11.0 Å². The van der Waals surface area contributed by atoms with Crippen LogP contribution < -0.4 is 16.4 Å². The van der Waals surface area contributed by atoms with Crippen LogP contribution in [0.3, 0.4) is 0 Å². The second-order valence-electron chi connectivity index (χ2n) is 4.92. The first kappa shape index (κ1) is 14.8. The van der Waals surface area contributed by atoms with Crippen molar-refractivity contribution < 1.29 is 4.79 Å². The summed E-state index contributed by atoms with van der Waals surface area (Å²) in [5, 5.41) is 14.9. The molecule has 1 amide bonds. The minimum absolute atomic E-state index is 0.0885. The molecule has 0 fully saturated rings. The van der Waals surface area contributed by atoms with E-state index in [9.17, 15) is 4.79 Å². The lowest BCUT2D eigenvalue weighted by Crippen LogP contribution is -2.39. The molecule has 102 valence electrons. The summed E-state index contributed by atoms with van der Waals surface area (Å²) >= 11 is 0. The molecule has 0 aliphatic heterocycles. The quantitative estimate of drug-likeness (QED) is 0.703. The van der Waals surface area contributed by atoms with Gasteiger partial charge in [0.05, 0.1) is 11.3 Å². The first-order valence-electron chi connectivity index (χ1n) is 6.28. The molecular weight excluding hydrogens is 240 g/mol. The second-order valence-corrected chi connectivity index (χ2v) is 4.92. The van der Waals surface area contributed by atoms with Crippen molar-refractivity contribution in [2.24, 2.45) is 5.92 Å². The van der Waals surface area contributed by atoms with Crippen LogP contribution in [0.25, 0.3) is 0 Å². The van der Waals surface area contributed by atoms with Gasteiger partial charge in [-0.15, -0.1) is 0 Å². The van der Waals surface area contributed by atoms with Crippen LogP contribution in [0, 0.1) is 17.2 Å². The largest absolute Gasteiger partial charge is 0.399 e. The van der Waals surface area contributed by atoms with E-state index < -0.39 is 6.04 Å². The maximum absolute atomic E-state index is 11.8. The number of nitrogens with zero attached hydrogens (tertiary/aromatic N) is 1. The third kappa shape index (κ3) is 4.51. The minimum atomic E-state index is -0.408. The average Bonchev–Trinajstić information content (AvgIpc) is 2.37. The highest BCUT2D eigenvalue weighted by molar-refractivity contribution is 5.84. The second kappa shape index (κ2) is 6.64. The highest BCUT2D eigenvalue weighted by Gasteiger charge is 2.14. The van der Waals surface area contributed by atoms with Gasteiger partial charge in [-0.05, 0) is 31.0 Å². The fourth-order valence-corrected chi connectivity index (χ4v) is 1.54. The number of hydrogen-bond donors (Lipinski definition) is 3. The number of amides is 1. The van der Waals surface area contributed by atoms with E-state index in [1.807, 2.05) is 13.8 Å². The van der Waals surface area contributed by atoms with E-state index in [-0.39, 0.29) is 5.91 Å². The molecule has 4 N–H and O–H groups in total. The number of rotatable bonds is 5. The molecule has 1 rings (SSSR count). The molecule has 0 aliphatic rings. The van der Waals surface area contributed by atoms with E-state index in [0.29, 0.717) is 29.4 Å². The van der Waals surface area contributed by atoms with Crippen molar-refractivity contribution in [3.63, 3.8) is 0 Å². The molecule has 0 spiro atoms. The van der Waals surface area contributed by atoms with Gasteiger partial charge >= 0.3 is 0 Å². The van der Waals surface area contributed by atoms with Crippen LogP contribution in [-0.4, -0.2) is 18.5 Å². The first-order valence-corrected chi connectivity index (χ1v) is 6.28. The van der Waals surface area contributed by atoms with Gasteiger partial charge in [0.25, 0.3) is 0 Å². The van der Waals surface area contributed by atoms with Crippen molar-refractivity contribution in [3.05, 3.63) is 23.8 Å². The SMILES string of the molecule is CC(C)CNC(=O)C(C)Nc1ccc(N)cc1C#N. The zero-order chi connectivity index (χ0) is 14.4. The lowest BCUT2D eigenvalue weighted by atomic mass is 10.1. The molecule has 1 unspecified atom stereocenters. The molecule has 19 heavy (non-hydrogen) atoms. The van der Waals surface area contributed by atoms with Crippen molar-refractivity contribution >= 4 is 17.3 Å². The Labute approximate surface area is 113 Å². The normalized spacial score (nSPS) is 11.7. The Bertz CT molecular complexity index is 491. The van der Waals surface area contributed by atoms with Gasteiger partial charge in [-0.1, -0.05) is 13.8 Å². The Balaban J connectivity index is 2.69. The van der Waals surface area contributed by atoms with E-state index in [1.165, 1.54) is 0 Å². The monoisotopic (exact) mass is 260 g/mol. The number of nitrogens with two attached hydrogens (primary N) is 1. The topological polar surface area (TPSA) is 90.9 Å². The zero-order valence-electron chi connectivity index (χ0n) is 11.5. The standard InChI is InChI=1S/C14H20N4O/c1-9(2)8-17-14(19)10(3)18-13-5-4-12(16)6-11(13)7-15/h4-6,9-10,18H,8,16H2,1-3H3,(H,17,19). The average molecular weight is 260 g/mol. The number of carbonyl (C=O) groups is 1. The molecule has 1 aromatic rings. The van der Waals surface area contributed by atoms with Gasteiger partial charge in [0.1, 0.15) is 12.1 Å². The van der Waals surface area contributed by atoms with Gasteiger partial charge < -0.3 is 16.4 Å². The highest BCUT2D eigenvalue weighted by Crippen LogP contribution is 2.18. The Morgan fingerprint density at radius 3 is 2.68 bits per heavy atom. The van der Waals surface area contributed by atoms with E-state index in [1.54, 1.807) is 25.1 Å². The third-order valence-corrected chi connectivity index (χ3v) is 2.61. The fraction of sp³-hybridized carbons (Fsp3) is 0.429. The summed E-state index contributed by atoms with van der Waals surface area (Å²) in [6.07, 6.45) is 0. The maximum Gasteiger partial charge on any atom is 0.242 e. The summed E-state index contributed by atoms with van der Waals surface area (Å²) in [5.74, 6) is 0.316. The number of nitrogen functional groups attached to an aromatic ring is 1. The molecule has 5 nitrogen and oxygen atoms in total. The predicted molar refractivity (Wildman–Crippen MR) is 76.5 cm³/mol. The number of carbonyl (C=O) groups excluding carboxylic acids is 1. The predicted octanol–water partition coefficient (Wildman–Crippen LogP) is 1.71. The Hall–Kier alpha value is -2.22. The molecule has 1 aromatic carbocycles. The van der Waals surface area contributed by atoms with Crippen LogP contribution >= 0.6 is 0 Å². The number of nitrogens with one attached hydrogen (secondary N) is 2. The highest BCUT2D eigenvalue weighted by atomic mass is 16.2. The van der Waals surface area contributed by atoms with Crippen molar-refractivity contribution in [1.82, 2.24) is 5.32 Å². The molecule has 1 atom stereocenters. The summed E-state index contributed by atoms with van der Waals surface area (Å²) < 4.78 is 0. The number of nitriles is 1. The number of benzene rings is 1. The Kier molecular flexibility index (Phi) is 5.19. The fourth-order valence-electron chi connectivity index (χ4n) is 1.54. The molecule has 0 heterocycles. The van der Waals surface area contributed by atoms with E-state index in [0.717, 1.165) is 0 Å². The van der Waals surface area contributed by atoms with Gasteiger partial charge in [0.15, 0.2) is 0 Å². The molecule has 0 radical (unpaired) electrons. The molecule has 0 bridgehead atoms. The summed E-state index contributed by atoms with van der Waals surface area (Å²) in [6.45, 7) is 6.46. The van der Waals surface area contributed by atoms with Gasteiger partial charge in [0.2, 0.25) is 5.91 Å². The van der Waals surface area contributed by atoms with Crippen LogP contribution in [0.4, 0.5) is 11.4 Å². The number of anilines is 2. The Morgan fingerprint density at radius 1 is 1.42 bits per heavy atom. The summed E-state index contributed by atoms with van der Waals surface area (Å²) in [4.78, 5) is 11.8. The first-order chi connectivity index (χ1) is 8.93. The van der Waals surface area contributed by atoms with Crippen molar-refractivity contribution in [3.8, 4) is 6.07 Å². The lowest BCUT2D eigenvalue weighted by molar-refractivity contribution is -0.121. The third-order valence-electron chi connectivity index (χ3n) is 2.61. The molecular formula is C14H20N4O. The van der Waals surface area contributed by atoms with Crippen molar-refractivity contribution in [1.29, 1.82) is 5.26 Å². The van der Waals surface area contributed by atoms with E-state index >= 15 is 0 Å². The van der Waals surface area contributed by atoms with Crippen LogP contribution in [-0.2, 0) is 4.79 Å². The summed E-state index contributed by atoms with van der Waals surface area (Å²) in [6, 6.07) is 6.64. The van der Waals surface area contributed by atoms with Gasteiger partial charge in [0, 0.05) is 12.2 Å². The van der Waals surface area contributed by atoms with E-state index in [2.05, 4.69) is 16.7 Å². The summed E-state index contributed by atoms with van der Waals surface area (Å²) in [5.41, 5.74) is 7.19. The van der Waals surface area contributed by atoms with Crippen molar-refractivity contribution in [2.75, 3.05) is 17.6 Å².